The summed E-state index contributed by atoms with van der Waals surface area (Å²) in [6.45, 7) is 0. The second-order valence-electron chi connectivity index (χ2n) is 6.64. The van der Waals surface area contributed by atoms with Crippen LogP contribution < -0.4 is 10.0 Å². The highest BCUT2D eigenvalue weighted by atomic mass is 32.2. The minimum absolute atomic E-state index is 0.0317. The summed E-state index contributed by atoms with van der Waals surface area (Å²) in [6, 6.07) is 7.99. The number of hydrogen-bond donors (Lipinski definition) is 2. The largest absolute Gasteiger partial charge is 0.469 e. The van der Waals surface area contributed by atoms with Crippen molar-refractivity contribution < 1.29 is 17.6 Å². The summed E-state index contributed by atoms with van der Waals surface area (Å²) in [7, 11) is -3.57. The van der Waals surface area contributed by atoms with Crippen LogP contribution in [-0.2, 0) is 16.4 Å². The zero-order chi connectivity index (χ0) is 17.4. The van der Waals surface area contributed by atoms with Crippen LogP contribution in [0.4, 0.5) is 0 Å². The van der Waals surface area contributed by atoms with Crippen LogP contribution in [0.2, 0.25) is 0 Å². The molecule has 2 N–H and O–H groups in total. The van der Waals surface area contributed by atoms with E-state index in [0.717, 1.165) is 43.4 Å². The minimum atomic E-state index is -3.57. The predicted molar refractivity (Wildman–Crippen MR) is 91.6 cm³/mol. The lowest BCUT2D eigenvalue weighted by atomic mass is 9.93. The highest BCUT2D eigenvalue weighted by Crippen LogP contribution is 2.30. The average molecular weight is 360 g/mol. The molecule has 0 bridgehead atoms. The zero-order valence-electron chi connectivity index (χ0n) is 13.7. The highest BCUT2D eigenvalue weighted by molar-refractivity contribution is 7.89. The van der Waals surface area contributed by atoms with Gasteiger partial charge in [0, 0.05) is 23.6 Å². The van der Waals surface area contributed by atoms with E-state index in [9.17, 15) is 13.2 Å². The molecule has 6 nitrogen and oxygen atoms in total. The molecule has 25 heavy (non-hydrogen) atoms. The molecule has 1 heterocycles. The minimum Gasteiger partial charge on any atom is -0.469 e. The third-order valence-electron chi connectivity index (χ3n) is 4.66. The molecule has 1 amide bonds. The molecule has 1 saturated carbocycles. The van der Waals surface area contributed by atoms with Crippen molar-refractivity contribution in [1.29, 1.82) is 0 Å². The highest BCUT2D eigenvalue weighted by Gasteiger charge is 2.29. The van der Waals surface area contributed by atoms with Crippen LogP contribution in [0.1, 0.15) is 53.4 Å². The third kappa shape index (κ3) is 3.48. The molecule has 7 heteroatoms. The van der Waals surface area contributed by atoms with Gasteiger partial charge in [-0.05, 0) is 49.9 Å². The molecule has 0 radical (unpaired) electrons. The molecule has 1 aromatic heterocycles. The SMILES string of the molecule is O=C(NC1CCCc2occc21)c1cccc(S(=O)(=O)NC2CC2)c1. The first-order valence-corrected chi connectivity index (χ1v) is 10.0. The second-order valence-corrected chi connectivity index (χ2v) is 8.35. The number of amides is 1. The molecule has 1 aromatic carbocycles. The third-order valence-corrected chi connectivity index (χ3v) is 6.18. The van der Waals surface area contributed by atoms with E-state index in [-0.39, 0.29) is 22.9 Å². The van der Waals surface area contributed by atoms with Crippen molar-refractivity contribution >= 4 is 15.9 Å². The maximum atomic E-state index is 12.6. The first-order chi connectivity index (χ1) is 12.0. The van der Waals surface area contributed by atoms with Gasteiger partial charge in [-0.3, -0.25) is 4.79 Å². The number of rotatable bonds is 5. The molecule has 2 aromatic rings. The zero-order valence-corrected chi connectivity index (χ0v) is 14.5. The van der Waals surface area contributed by atoms with Gasteiger partial charge in [0.1, 0.15) is 5.76 Å². The van der Waals surface area contributed by atoms with Gasteiger partial charge in [0.15, 0.2) is 0 Å². The monoisotopic (exact) mass is 360 g/mol. The van der Waals surface area contributed by atoms with Gasteiger partial charge in [-0.2, -0.15) is 0 Å². The number of aryl methyl sites for hydroxylation is 1. The fourth-order valence-electron chi connectivity index (χ4n) is 3.17. The molecule has 4 rings (SSSR count). The van der Waals surface area contributed by atoms with Crippen LogP contribution in [0.5, 0.6) is 0 Å². The number of carbonyl (C=O) groups excluding carboxylic acids is 1. The Balaban J connectivity index is 1.52. The van der Waals surface area contributed by atoms with Crippen LogP contribution in [0, 0.1) is 0 Å². The van der Waals surface area contributed by atoms with Crippen molar-refractivity contribution in [2.75, 3.05) is 0 Å². The lowest BCUT2D eigenvalue weighted by molar-refractivity contribution is 0.0932. The molecule has 1 atom stereocenters. The number of hydrogen-bond acceptors (Lipinski definition) is 4. The Bertz CT molecular complexity index is 899. The Labute approximate surface area is 146 Å². The molecule has 1 unspecified atom stereocenters. The summed E-state index contributed by atoms with van der Waals surface area (Å²) in [5.74, 6) is 0.643. The Kier molecular flexibility index (Phi) is 4.13. The van der Waals surface area contributed by atoms with Gasteiger partial charge in [0.2, 0.25) is 10.0 Å². The van der Waals surface area contributed by atoms with Crippen LogP contribution in [0.25, 0.3) is 0 Å². The van der Waals surface area contributed by atoms with E-state index in [2.05, 4.69) is 10.0 Å². The van der Waals surface area contributed by atoms with E-state index in [1.54, 1.807) is 18.4 Å². The van der Waals surface area contributed by atoms with E-state index in [4.69, 9.17) is 4.42 Å². The first kappa shape index (κ1) is 16.4. The second kappa shape index (κ2) is 6.31. The topological polar surface area (TPSA) is 88.4 Å². The molecule has 0 aliphatic heterocycles. The standard InChI is InChI=1S/C18H20N2O4S/c21-18(19-16-5-2-6-17-15(16)9-10-24-17)12-3-1-4-14(11-12)25(22,23)20-13-7-8-13/h1,3-4,9-11,13,16,20H,2,5-8H2,(H,19,21). The number of benzene rings is 1. The molecule has 2 aliphatic carbocycles. The number of carbonyl (C=O) groups is 1. The first-order valence-electron chi connectivity index (χ1n) is 8.52. The average Bonchev–Trinajstić information content (AvgIpc) is 3.26. The molecular formula is C18H20N2O4S. The lowest BCUT2D eigenvalue weighted by Gasteiger charge is -2.22. The summed E-state index contributed by atoms with van der Waals surface area (Å²) in [4.78, 5) is 12.7. The van der Waals surface area contributed by atoms with Gasteiger partial charge >= 0.3 is 0 Å². The Hall–Kier alpha value is -2.12. The number of nitrogens with one attached hydrogen (secondary N) is 2. The summed E-state index contributed by atoms with van der Waals surface area (Å²) < 4.78 is 32.7. The van der Waals surface area contributed by atoms with Crippen molar-refractivity contribution in [3.8, 4) is 0 Å². The van der Waals surface area contributed by atoms with E-state index in [1.165, 1.54) is 12.1 Å². The van der Waals surface area contributed by atoms with Crippen molar-refractivity contribution in [3.05, 3.63) is 53.5 Å². The van der Waals surface area contributed by atoms with Gasteiger partial charge < -0.3 is 9.73 Å². The summed E-state index contributed by atoms with van der Waals surface area (Å²) in [5.41, 5.74) is 1.35. The van der Waals surface area contributed by atoms with Gasteiger partial charge in [-0.1, -0.05) is 6.07 Å². The molecule has 0 spiro atoms. The molecule has 132 valence electrons. The van der Waals surface area contributed by atoms with Crippen LogP contribution in [0.15, 0.2) is 45.9 Å². The molecule has 2 aliphatic rings. The normalized spacial score (nSPS) is 20.1. The number of furan rings is 1. The van der Waals surface area contributed by atoms with Gasteiger partial charge in [-0.15, -0.1) is 0 Å². The van der Waals surface area contributed by atoms with Crippen LogP contribution in [0.3, 0.4) is 0 Å². The van der Waals surface area contributed by atoms with Crippen molar-refractivity contribution in [3.63, 3.8) is 0 Å². The molecule has 0 saturated heterocycles. The van der Waals surface area contributed by atoms with Gasteiger partial charge in [-0.25, -0.2) is 13.1 Å². The van der Waals surface area contributed by atoms with Crippen molar-refractivity contribution in [1.82, 2.24) is 10.0 Å². The van der Waals surface area contributed by atoms with E-state index in [0.29, 0.717) is 5.56 Å². The lowest BCUT2D eigenvalue weighted by Crippen LogP contribution is -2.31. The summed E-state index contributed by atoms with van der Waals surface area (Å²) in [6.07, 6.45) is 6.06. The maximum absolute atomic E-state index is 12.6. The van der Waals surface area contributed by atoms with E-state index >= 15 is 0 Å². The smallest absolute Gasteiger partial charge is 0.251 e. The van der Waals surface area contributed by atoms with Crippen molar-refractivity contribution in [2.24, 2.45) is 0 Å². The Morgan fingerprint density at radius 3 is 2.80 bits per heavy atom. The van der Waals surface area contributed by atoms with Crippen LogP contribution in [-0.4, -0.2) is 20.4 Å². The molecular weight excluding hydrogens is 340 g/mol. The van der Waals surface area contributed by atoms with Crippen molar-refractivity contribution in [2.45, 2.75) is 49.1 Å². The summed E-state index contributed by atoms with van der Waals surface area (Å²) in [5, 5.41) is 3.00. The number of fused-ring (bicyclic) bond motifs is 1. The van der Waals surface area contributed by atoms with Crippen LogP contribution >= 0.6 is 0 Å². The Morgan fingerprint density at radius 1 is 1.16 bits per heavy atom. The summed E-state index contributed by atoms with van der Waals surface area (Å²) >= 11 is 0. The predicted octanol–water partition coefficient (Wildman–Crippen LogP) is 2.53. The van der Waals surface area contributed by atoms with E-state index < -0.39 is 10.0 Å². The Morgan fingerprint density at radius 2 is 2.00 bits per heavy atom. The maximum Gasteiger partial charge on any atom is 0.251 e. The van der Waals surface area contributed by atoms with Gasteiger partial charge in [0.05, 0.1) is 17.2 Å². The van der Waals surface area contributed by atoms with Gasteiger partial charge in [0.25, 0.3) is 5.91 Å². The molecule has 1 fully saturated rings. The number of sulfonamides is 1. The fourth-order valence-corrected chi connectivity index (χ4v) is 4.52. The van der Waals surface area contributed by atoms with E-state index in [1.807, 2.05) is 6.07 Å². The fraction of sp³-hybridized carbons (Fsp3) is 0.389. The quantitative estimate of drug-likeness (QED) is 0.858.